The molecule has 1 unspecified atom stereocenters. The molecule has 0 aromatic rings. The Kier molecular flexibility index (Phi) is 4.90. The van der Waals surface area contributed by atoms with Crippen LogP contribution in [0.3, 0.4) is 0 Å². The molecule has 0 aromatic carbocycles. The van der Waals surface area contributed by atoms with Crippen LogP contribution < -0.4 is 5.73 Å². The average molecular weight is 232 g/mol. The number of hydrogen-bond donors (Lipinski definition) is 2. The molecule has 15 heavy (non-hydrogen) atoms. The second-order valence-corrected chi connectivity index (χ2v) is 4.53. The van der Waals surface area contributed by atoms with Crippen LogP contribution in [0.25, 0.3) is 0 Å². The second kappa shape index (κ2) is 5.97. The molecule has 0 saturated carbocycles. The number of rotatable bonds is 5. The summed E-state index contributed by atoms with van der Waals surface area (Å²) in [5, 5.41) is 8.88. The van der Waals surface area contributed by atoms with Crippen LogP contribution in [0.1, 0.15) is 12.8 Å². The van der Waals surface area contributed by atoms with Gasteiger partial charge in [-0.25, -0.2) is 4.79 Å². The standard InChI is InChI=1S/C9H16N2O3S/c10-3-5-15-6-8(12)11-4-1-2-7(11)9(13)14/h7H,1-6,10H2,(H,13,14). The molecule has 0 spiro atoms. The van der Waals surface area contributed by atoms with Crippen molar-refractivity contribution in [1.29, 1.82) is 0 Å². The van der Waals surface area contributed by atoms with Crippen molar-refractivity contribution in [3.63, 3.8) is 0 Å². The van der Waals surface area contributed by atoms with Gasteiger partial charge >= 0.3 is 5.97 Å². The van der Waals surface area contributed by atoms with E-state index in [1.807, 2.05) is 0 Å². The highest BCUT2D eigenvalue weighted by molar-refractivity contribution is 7.99. The molecule has 5 nitrogen and oxygen atoms in total. The SMILES string of the molecule is NCCSCC(=O)N1CCCC1C(=O)O. The molecule has 1 rings (SSSR count). The van der Waals surface area contributed by atoms with Crippen LogP contribution in [-0.2, 0) is 9.59 Å². The summed E-state index contributed by atoms with van der Waals surface area (Å²) < 4.78 is 0. The molecule has 3 N–H and O–H groups in total. The Bertz CT molecular complexity index is 248. The smallest absolute Gasteiger partial charge is 0.326 e. The fourth-order valence-electron chi connectivity index (χ4n) is 1.65. The highest BCUT2D eigenvalue weighted by Crippen LogP contribution is 2.18. The van der Waals surface area contributed by atoms with Gasteiger partial charge < -0.3 is 15.7 Å². The van der Waals surface area contributed by atoms with Gasteiger partial charge in [-0.05, 0) is 12.8 Å². The van der Waals surface area contributed by atoms with Crippen molar-refractivity contribution in [2.45, 2.75) is 18.9 Å². The summed E-state index contributed by atoms with van der Waals surface area (Å²) in [6, 6.07) is -0.615. The maximum Gasteiger partial charge on any atom is 0.326 e. The highest BCUT2D eigenvalue weighted by Gasteiger charge is 2.33. The van der Waals surface area contributed by atoms with Crippen LogP contribution in [0.2, 0.25) is 0 Å². The fraction of sp³-hybridized carbons (Fsp3) is 0.778. The Hall–Kier alpha value is -0.750. The number of carbonyl (C=O) groups is 2. The molecule has 1 atom stereocenters. The molecule has 0 aliphatic carbocycles. The third-order valence-corrected chi connectivity index (χ3v) is 3.32. The first-order valence-corrected chi connectivity index (χ1v) is 6.12. The predicted molar refractivity (Wildman–Crippen MR) is 58.8 cm³/mol. The van der Waals surface area contributed by atoms with Crippen molar-refractivity contribution in [3.05, 3.63) is 0 Å². The van der Waals surface area contributed by atoms with E-state index in [9.17, 15) is 9.59 Å². The molecule has 1 aliphatic heterocycles. The normalized spacial score (nSPS) is 20.6. The van der Waals surface area contributed by atoms with E-state index in [2.05, 4.69) is 0 Å². The van der Waals surface area contributed by atoms with Crippen LogP contribution in [0.15, 0.2) is 0 Å². The largest absolute Gasteiger partial charge is 0.480 e. The molecule has 0 radical (unpaired) electrons. The minimum Gasteiger partial charge on any atom is -0.480 e. The summed E-state index contributed by atoms with van der Waals surface area (Å²) in [5.41, 5.74) is 5.30. The Morgan fingerprint density at radius 2 is 2.27 bits per heavy atom. The Morgan fingerprint density at radius 3 is 2.87 bits per heavy atom. The molecule has 86 valence electrons. The maximum atomic E-state index is 11.6. The maximum absolute atomic E-state index is 11.6. The van der Waals surface area contributed by atoms with E-state index >= 15 is 0 Å². The van der Waals surface area contributed by atoms with Gasteiger partial charge in [0.15, 0.2) is 0 Å². The van der Waals surface area contributed by atoms with Crippen LogP contribution in [0.4, 0.5) is 0 Å². The Morgan fingerprint density at radius 1 is 1.53 bits per heavy atom. The minimum absolute atomic E-state index is 0.0849. The lowest BCUT2D eigenvalue weighted by Gasteiger charge is -2.21. The molecule has 0 aromatic heterocycles. The van der Waals surface area contributed by atoms with Crippen molar-refractivity contribution in [3.8, 4) is 0 Å². The summed E-state index contributed by atoms with van der Waals surface area (Å²) in [5.74, 6) is 0.0844. The van der Waals surface area contributed by atoms with Crippen molar-refractivity contribution in [1.82, 2.24) is 4.90 Å². The monoisotopic (exact) mass is 232 g/mol. The second-order valence-electron chi connectivity index (χ2n) is 3.42. The van der Waals surface area contributed by atoms with Crippen LogP contribution >= 0.6 is 11.8 Å². The number of carbonyl (C=O) groups excluding carboxylic acids is 1. The molecule has 1 saturated heterocycles. The third kappa shape index (κ3) is 3.39. The lowest BCUT2D eigenvalue weighted by molar-refractivity contribution is -0.147. The quantitative estimate of drug-likeness (QED) is 0.639. The molecule has 1 heterocycles. The van der Waals surface area contributed by atoms with E-state index in [1.165, 1.54) is 16.7 Å². The Balaban J connectivity index is 2.40. The number of carboxylic acids is 1. The zero-order valence-electron chi connectivity index (χ0n) is 8.52. The average Bonchev–Trinajstić information content (AvgIpc) is 2.66. The topological polar surface area (TPSA) is 83.6 Å². The number of thioether (sulfide) groups is 1. The molecule has 1 amide bonds. The predicted octanol–water partition coefficient (Wildman–Crippen LogP) is -0.246. The minimum atomic E-state index is -0.898. The summed E-state index contributed by atoms with van der Waals surface area (Å²) in [6.07, 6.45) is 1.35. The van der Waals surface area contributed by atoms with Crippen molar-refractivity contribution < 1.29 is 14.7 Å². The van der Waals surface area contributed by atoms with Gasteiger partial charge in [0.2, 0.25) is 5.91 Å². The number of nitrogens with zero attached hydrogens (tertiary/aromatic N) is 1. The van der Waals surface area contributed by atoms with Gasteiger partial charge in [-0.15, -0.1) is 0 Å². The summed E-state index contributed by atoms with van der Waals surface area (Å²) in [6.45, 7) is 1.11. The molecule has 0 bridgehead atoms. The number of aliphatic carboxylic acids is 1. The first-order valence-electron chi connectivity index (χ1n) is 4.97. The zero-order chi connectivity index (χ0) is 11.3. The molecule has 1 fully saturated rings. The fourth-order valence-corrected chi connectivity index (χ4v) is 2.30. The molecular weight excluding hydrogens is 216 g/mol. The first-order chi connectivity index (χ1) is 7.16. The summed E-state index contributed by atoms with van der Waals surface area (Å²) in [7, 11) is 0. The molecule has 1 aliphatic rings. The highest BCUT2D eigenvalue weighted by atomic mass is 32.2. The number of hydrogen-bond acceptors (Lipinski definition) is 4. The van der Waals surface area contributed by atoms with Gasteiger partial charge in [-0.1, -0.05) is 0 Å². The molecule has 6 heteroatoms. The van der Waals surface area contributed by atoms with E-state index in [4.69, 9.17) is 10.8 Å². The number of nitrogens with two attached hydrogens (primary N) is 1. The van der Waals surface area contributed by atoms with E-state index in [0.717, 1.165) is 12.2 Å². The van der Waals surface area contributed by atoms with Crippen molar-refractivity contribution >= 4 is 23.6 Å². The van der Waals surface area contributed by atoms with Crippen molar-refractivity contribution in [2.24, 2.45) is 5.73 Å². The number of carboxylic acid groups (broad SMARTS) is 1. The Labute approximate surface area is 93.0 Å². The zero-order valence-corrected chi connectivity index (χ0v) is 9.33. The van der Waals surface area contributed by atoms with Gasteiger partial charge in [-0.2, -0.15) is 11.8 Å². The van der Waals surface area contributed by atoms with Crippen molar-refractivity contribution in [2.75, 3.05) is 24.6 Å². The van der Waals surface area contributed by atoms with E-state index < -0.39 is 12.0 Å². The molecular formula is C9H16N2O3S. The summed E-state index contributed by atoms with van der Waals surface area (Å²) in [4.78, 5) is 23.9. The van der Waals surface area contributed by atoms with E-state index in [1.54, 1.807) is 0 Å². The summed E-state index contributed by atoms with van der Waals surface area (Å²) >= 11 is 1.45. The van der Waals surface area contributed by atoms with E-state index in [0.29, 0.717) is 25.3 Å². The van der Waals surface area contributed by atoms with Gasteiger partial charge in [0.25, 0.3) is 0 Å². The van der Waals surface area contributed by atoms with Gasteiger partial charge in [0.1, 0.15) is 6.04 Å². The number of likely N-dealkylation sites (tertiary alicyclic amines) is 1. The third-order valence-electron chi connectivity index (χ3n) is 2.35. The first kappa shape index (κ1) is 12.3. The van der Waals surface area contributed by atoms with Crippen LogP contribution in [0.5, 0.6) is 0 Å². The number of amides is 1. The lowest BCUT2D eigenvalue weighted by atomic mass is 10.2. The van der Waals surface area contributed by atoms with Gasteiger partial charge in [0, 0.05) is 18.8 Å². The van der Waals surface area contributed by atoms with Gasteiger partial charge in [0.05, 0.1) is 5.75 Å². The van der Waals surface area contributed by atoms with Crippen LogP contribution in [-0.4, -0.2) is 52.5 Å². The van der Waals surface area contributed by atoms with Crippen LogP contribution in [0, 0.1) is 0 Å². The van der Waals surface area contributed by atoms with E-state index in [-0.39, 0.29) is 5.91 Å². The van der Waals surface area contributed by atoms with Gasteiger partial charge in [-0.3, -0.25) is 4.79 Å². The lowest BCUT2D eigenvalue weighted by Crippen LogP contribution is -2.41.